The summed E-state index contributed by atoms with van der Waals surface area (Å²) in [5.41, 5.74) is 0.422. The van der Waals surface area contributed by atoms with Crippen molar-refractivity contribution in [2.45, 2.75) is 13.1 Å². The number of aromatic nitrogens is 3. The third-order valence-corrected chi connectivity index (χ3v) is 6.05. The van der Waals surface area contributed by atoms with Crippen molar-refractivity contribution in [3.05, 3.63) is 58.9 Å². The van der Waals surface area contributed by atoms with E-state index in [1.807, 2.05) is 4.90 Å². The normalized spacial score (nSPS) is 14.8. The number of aryl methyl sites for hydroxylation is 1. The fourth-order valence-corrected chi connectivity index (χ4v) is 4.27. The van der Waals surface area contributed by atoms with Crippen molar-refractivity contribution in [3.63, 3.8) is 0 Å². The lowest BCUT2D eigenvalue weighted by Crippen LogP contribution is -2.49. The molecule has 3 aromatic rings. The zero-order valence-corrected chi connectivity index (χ0v) is 16.9. The van der Waals surface area contributed by atoms with Gasteiger partial charge >= 0.3 is 6.18 Å². The van der Waals surface area contributed by atoms with Gasteiger partial charge in [-0.25, -0.2) is 15.0 Å². The molecule has 6 nitrogen and oxygen atoms in total. The van der Waals surface area contributed by atoms with Crippen LogP contribution in [0.25, 0.3) is 10.6 Å². The summed E-state index contributed by atoms with van der Waals surface area (Å²) in [4.78, 5) is 30.2. The van der Waals surface area contributed by atoms with E-state index < -0.39 is 11.7 Å². The Morgan fingerprint density at radius 2 is 1.67 bits per heavy atom. The largest absolute Gasteiger partial charge is 0.416 e. The van der Waals surface area contributed by atoms with E-state index in [9.17, 15) is 18.0 Å². The fourth-order valence-electron chi connectivity index (χ4n) is 3.23. The van der Waals surface area contributed by atoms with E-state index in [1.54, 1.807) is 30.3 Å². The zero-order valence-electron chi connectivity index (χ0n) is 16.1. The summed E-state index contributed by atoms with van der Waals surface area (Å²) in [5, 5.41) is 0.529. The van der Waals surface area contributed by atoms with Crippen LogP contribution in [0.3, 0.4) is 0 Å². The molecule has 0 atom stereocenters. The number of halogens is 3. The lowest BCUT2D eigenvalue weighted by molar-refractivity contribution is -0.137. The third-order valence-electron chi connectivity index (χ3n) is 4.85. The van der Waals surface area contributed by atoms with E-state index in [1.165, 1.54) is 23.5 Å². The molecule has 156 valence electrons. The van der Waals surface area contributed by atoms with Crippen molar-refractivity contribution in [2.75, 3.05) is 31.1 Å². The highest BCUT2D eigenvalue weighted by Gasteiger charge is 2.30. The first kappa shape index (κ1) is 20.3. The Hall–Kier alpha value is -3.01. The predicted octanol–water partition coefficient (Wildman–Crippen LogP) is 3.89. The topological polar surface area (TPSA) is 62.2 Å². The van der Waals surface area contributed by atoms with Gasteiger partial charge in [-0.3, -0.25) is 4.79 Å². The number of anilines is 1. The van der Waals surface area contributed by atoms with Gasteiger partial charge in [0, 0.05) is 44.1 Å². The number of alkyl halides is 3. The first-order valence-corrected chi connectivity index (χ1v) is 10.1. The highest BCUT2D eigenvalue weighted by Crippen LogP contribution is 2.33. The molecule has 0 radical (unpaired) electrons. The second-order valence-corrected chi connectivity index (χ2v) is 7.84. The minimum absolute atomic E-state index is 0.114. The van der Waals surface area contributed by atoms with Crippen LogP contribution in [0.5, 0.6) is 0 Å². The van der Waals surface area contributed by atoms with Crippen LogP contribution < -0.4 is 4.90 Å². The molecule has 3 heterocycles. The van der Waals surface area contributed by atoms with Gasteiger partial charge in [0.1, 0.15) is 9.88 Å². The van der Waals surface area contributed by atoms with Crippen LogP contribution in [-0.2, 0) is 6.18 Å². The Bertz CT molecular complexity index is 1030. The van der Waals surface area contributed by atoms with Crippen LogP contribution in [0.1, 0.15) is 20.9 Å². The highest BCUT2D eigenvalue weighted by molar-refractivity contribution is 7.17. The molecule has 0 unspecified atom stereocenters. The summed E-state index contributed by atoms with van der Waals surface area (Å²) in [6.45, 7) is 4.05. The number of rotatable bonds is 3. The van der Waals surface area contributed by atoms with Gasteiger partial charge in [0.25, 0.3) is 5.91 Å². The Kier molecular flexibility index (Phi) is 5.42. The van der Waals surface area contributed by atoms with Crippen LogP contribution in [0, 0.1) is 6.92 Å². The molecule has 1 fully saturated rings. The zero-order chi connectivity index (χ0) is 21.3. The quantitative estimate of drug-likeness (QED) is 0.627. The van der Waals surface area contributed by atoms with Crippen LogP contribution in [0.15, 0.2) is 42.7 Å². The molecule has 4 rings (SSSR count). The summed E-state index contributed by atoms with van der Waals surface area (Å²) in [6.07, 6.45) is -1.02. The highest BCUT2D eigenvalue weighted by atomic mass is 32.1. The van der Waals surface area contributed by atoms with Crippen molar-refractivity contribution >= 4 is 23.2 Å². The molecule has 1 aromatic carbocycles. The van der Waals surface area contributed by atoms with Gasteiger partial charge < -0.3 is 9.80 Å². The van der Waals surface area contributed by atoms with E-state index in [0.717, 1.165) is 12.1 Å². The molecule has 0 bridgehead atoms. The molecule has 0 saturated carbocycles. The molecule has 0 aliphatic carbocycles. The third kappa shape index (κ3) is 4.13. The summed E-state index contributed by atoms with van der Waals surface area (Å²) < 4.78 is 38.3. The Morgan fingerprint density at radius 1 is 1.03 bits per heavy atom. The molecule has 30 heavy (non-hydrogen) atoms. The summed E-state index contributed by atoms with van der Waals surface area (Å²) in [7, 11) is 0. The maximum Gasteiger partial charge on any atom is 0.416 e. The van der Waals surface area contributed by atoms with Gasteiger partial charge in [-0.1, -0.05) is 12.1 Å². The molecule has 1 saturated heterocycles. The van der Waals surface area contributed by atoms with Gasteiger partial charge in [0.05, 0.1) is 11.3 Å². The molecule has 1 aliphatic rings. The predicted molar refractivity (Wildman–Crippen MR) is 107 cm³/mol. The molecule has 0 spiro atoms. The van der Waals surface area contributed by atoms with Crippen molar-refractivity contribution < 1.29 is 18.0 Å². The summed E-state index contributed by atoms with van der Waals surface area (Å²) in [6, 6.07) is 6.57. The van der Waals surface area contributed by atoms with Gasteiger partial charge in [0.15, 0.2) is 0 Å². The number of carbonyl (C=O) groups excluding carboxylic acids is 1. The molecule has 1 amide bonds. The standard InChI is InChI=1S/C20H18F3N5OS/c1-13-16(30-17(26-13)14-3-5-15(6-4-14)20(21,22)23)18(29)27-9-11-28(12-10-27)19-24-7-2-8-25-19/h2-8H,9-12H2,1H3. The monoisotopic (exact) mass is 433 g/mol. The molecular weight excluding hydrogens is 415 g/mol. The number of piperazine rings is 1. The number of hydrogen-bond acceptors (Lipinski definition) is 6. The maximum atomic E-state index is 13.0. The van der Waals surface area contributed by atoms with E-state index >= 15 is 0 Å². The van der Waals surface area contributed by atoms with Crippen molar-refractivity contribution in [2.24, 2.45) is 0 Å². The number of carbonyl (C=O) groups is 1. The van der Waals surface area contributed by atoms with E-state index in [-0.39, 0.29) is 5.91 Å². The van der Waals surface area contributed by atoms with Crippen LogP contribution in [0.4, 0.5) is 19.1 Å². The summed E-state index contributed by atoms with van der Waals surface area (Å²) >= 11 is 1.20. The van der Waals surface area contributed by atoms with Gasteiger partial charge in [-0.2, -0.15) is 13.2 Å². The van der Waals surface area contributed by atoms with E-state index in [4.69, 9.17) is 0 Å². The van der Waals surface area contributed by atoms with E-state index in [2.05, 4.69) is 15.0 Å². The van der Waals surface area contributed by atoms with Crippen LogP contribution in [-0.4, -0.2) is 51.9 Å². The SMILES string of the molecule is Cc1nc(-c2ccc(C(F)(F)F)cc2)sc1C(=O)N1CCN(c2ncccn2)CC1. The molecular formula is C20H18F3N5OS. The lowest BCUT2D eigenvalue weighted by atomic mass is 10.1. The van der Waals surface area contributed by atoms with Crippen molar-refractivity contribution in [1.29, 1.82) is 0 Å². The number of thiazole rings is 1. The maximum absolute atomic E-state index is 13.0. The van der Waals surface area contributed by atoms with E-state index in [0.29, 0.717) is 53.3 Å². The molecule has 1 aliphatic heterocycles. The first-order valence-electron chi connectivity index (χ1n) is 9.29. The number of nitrogens with zero attached hydrogens (tertiary/aromatic N) is 5. The van der Waals surface area contributed by atoms with Gasteiger partial charge in [-0.15, -0.1) is 11.3 Å². The Balaban J connectivity index is 1.46. The minimum atomic E-state index is -4.38. The second kappa shape index (κ2) is 8.02. The van der Waals surface area contributed by atoms with Gasteiger partial charge in [0.2, 0.25) is 5.95 Å². The second-order valence-electron chi connectivity index (χ2n) is 6.84. The van der Waals surface area contributed by atoms with Crippen molar-refractivity contribution in [1.82, 2.24) is 19.9 Å². The van der Waals surface area contributed by atoms with Crippen LogP contribution >= 0.6 is 11.3 Å². The Labute approximate surface area is 175 Å². The van der Waals surface area contributed by atoms with Gasteiger partial charge in [-0.05, 0) is 25.1 Å². The average molecular weight is 433 g/mol. The molecule has 0 N–H and O–H groups in total. The van der Waals surface area contributed by atoms with Crippen molar-refractivity contribution in [3.8, 4) is 10.6 Å². The average Bonchev–Trinajstić information content (AvgIpc) is 3.15. The first-order chi connectivity index (χ1) is 14.3. The molecule has 10 heteroatoms. The Morgan fingerprint density at radius 3 is 2.27 bits per heavy atom. The van der Waals surface area contributed by atoms with Crippen LogP contribution in [0.2, 0.25) is 0 Å². The molecule has 2 aromatic heterocycles. The smallest absolute Gasteiger partial charge is 0.337 e. The number of hydrogen-bond donors (Lipinski definition) is 0. The number of amides is 1. The lowest BCUT2D eigenvalue weighted by Gasteiger charge is -2.34. The fraction of sp³-hybridized carbons (Fsp3) is 0.300. The summed E-state index contributed by atoms with van der Waals surface area (Å²) in [5.74, 6) is 0.528. The number of benzene rings is 1. The minimum Gasteiger partial charge on any atom is -0.337 e.